The second kappa shape index (κ2) is 5.91. The van der Waals surface area contributed by atoms with E-state index in [9.17, 15) is 8.42 Å². The van der Waals surface area contributed by atoms with Gasteiger partial charge in [0.2, 0.25) is 0 Å². The number of benzene rings is 1. The Balaban J connectivity index is 2.36. The summed E-state index contributed by atoms with van der Waals surface area (Å²) in [5, 5.41) is 0.235. The zero-order chi connectivity index (χ0) is 15.6. The van der Waals surface area contributed by atoms with E-state index < -0.39 is 10.0 Å². The highest BCUT2D eigenvalue weighted by molar-refractivity contribution is 7.92. The number of pyridine rings is 1. The number of sulfonamides is 1. The van der Waals surface area contributed by atoms with Crippen LogP contribution in [-0.4, -0.2) is 20.5 Å². The predicted octanol–water partition coefficient (Wildman–Crippen LogP) is 3.16. The van der Waals surface area contributed by atoms with E-state index in [0.717, 1.165) is 5.69 Å². The Labute approximate surface area is 129 Å². The first-order valence-corrected chi connectivity index (χ1v) is 8.00. The Hall–Kier alpha value is -1.79. The number of anilines is 1. The summed E-state index contributed by atoms with van der Waals surface area (Å²) in [6.45, 7) is 3.58. The topological polar surface area (TPSA) is 68.3 Å². The Morgan fingerprint density at radius 3 is 2.48 bits per heavy atom. The first kappa shape index (κ1) is 15.6. The molecule has 0 bridgehead atoms. The zero-order valence-corrected chi connectivity index (χ0v) is 13.4. The van der Waals surface area contributed by atoms with Crippen LogP contribution in [0.5, 0.6) is 5.75 Å². The van der Waals surface area contributed by atoms with E-state index in [-0.39, 0.29) is 9.92 Å². The van der Waals surface area contributed by atoms with E-state index in [2.05, 4.69) is 9.71 Å². The number of nitrogens with one attached hydrogen (secondary N) is 1. The van der Waals surface area contributed by atoms with Gasteiger partial charge in [-0.3, -0.25) is 9.71 Å². The van der Waals surface area contributed by atoms with E-state index in [1.165, 1.54) is 25.3 Å². The molecule has 0 fully saturated rings. The average Bonchev–Trinajstić information content (AvgIpc) is 2.42. The number of aromatic nitrogens is 1. The van der Waals surface area contributed by atoms with Crippen molar-refractivity contribution in [3.05, 3.63) is 46.7 Å². The maximum Gasteiger partial charge on any atom is 0.262 e. The highest BCUT2D eigenvalue weighted by Gasteiger charge is 2.17. The van der Waals surface area contributed by atoms with Crippen molar-refractivity contribution >= 4 is 27.3 Å². The summed E-state index contributed by atoms with van der Waals surface area (Å²) in [6.07, 6.45) is 0. The molecule has 0 aliphatic carbocycles. The Kier molecular flexibility index (Phi) is 4.39. The van der Waals surface area contributed by atoms with Gasteiger partial charge in [-0.25, -0.2) is 8.42 Å². The molecule has 2 rings (SSSR count). The monoisotopic (exact) mass is 326 g/mol. The number of hydrogen-bond acceptors (Lipinski definition) is 4. The molecule has 7 heteroatoms. The normalized spacial score (nSPS) is 11.2. The Bertz CT molecular complexity index is 776. The van der Waals surface area contributed by atoms with Gasteiger partial charge < -0.3 is 4.74 Å². The molecule has 1 aromatic carbocycles. The molecule has 0 saturated heterocycles. The fourth-order valence-corrected chi connectivity index (χ4v) is 3.28. The molecule has 0 aliphatic rings. The first-order chi connectivity index (χ1) is 9.83. The summed E-state index contributed by atoms with van der Waals surface area (Å²) >= 11 is 5.96. The molecule has 112 valence electrons. The molecule has 0 spiro atoms. The number of aryl methyl sites for hydroxylation is 2. The van der Waals surface area contributed by atoms with Gasteiger partial charge in [-0.05, 0) is 44.2 Å². The van der Waals surface area contributed by atoms with Crippen LogP contribution in [0.4, 0.5) is 5.69 Å². The fourth-order valence-electron chi connectivity index (χ4n) is 1.81. The van der Waals surface area contributed by atoms with E-state index in [0.29, 0.717) is 17.1 Å². The van der Waals surface area contributed by atoms with Crippen LogP contribution in [0.25, 0.3) is 0 Å². The summed E-state index contributed by atoms with van der Waals surface area (Å²) in [6, 6.07) is 7.72. The lowest BCUT2D eigenvalue weighted by molar-refractivity contribution is 0.414. The number of nitrogens with zero attached hydrogens (tertiary/aromatic N) is 1. The minimum Gasteiger partial charge on any atom is -0.495 e. The third-order valence-corrected chi connectivity index (χ3v) is 4.56. The molecule has 0 saturated carbocycles. The molecule has 0 radical (unpaired) electrons. The van der Waals surface area contributed by atoms with Crippen molar-refractivity contribution < 1.29 is 13.2 Å². The van der Waals surface area contributed by atoms with Crippen molar-refractivity contribution in [1.29, 1.82) is 0 Å². The van der Waals surface area contributed by atoms with Gasteiger partial charge >= 0.3 is 0 Å². The Morgan fingerprint density at radius 2 is 1.90 bits per heavy atom. The molecule has 0 amide bonds. The molecule has 0 aliphatic heterocycles. The van der Waals surface area contributed by atoms with E-state index >= 15 is 0 Å². The predicted molar refractivity (Wildman–Crippen MR) is 82.5 cm³/mol. The van der Waals surface area contributed by atoms with Gasteiger partial charge in [-0.2, -0.15) is 0 Å². The van der Waals surface area contributed by atoms with Crippen LogP contribution in [-0.2, 0) is 10.0 Å². The fraction of sp³-hybridized carbons (Fsp3) is 0.214. The van der Waals surface area contributed by atoms with Crippen LogP contribution >= 0.6 is 11.6 Å². The van der Waals surface area contributed by atoms with Gasteiger partial charge in [0.05, 0.1) is 28.4 Å². The number of rotatable bonds is 4. The average molecular weight is 327 g/mol. The van der Waals surface area contributed by atoms with E-state index in [4.69, 9.17) is 16.3 Å². The smallest absolute Gasteiger partial charge is 0.262 e. The summed E-state index contributed by atoms with van der Waals surface area (Å²) < 4.78 is 32.2. The first-order valence-electron chi connectivity index (χ1n) is 6.14. The molecular formula is C14H15ClN2O3S. The second-order valence-electron chi connectivity index (χ2n) is 4.49. The van der Waals surface area contributed by atoms with Crippen molar-refractivity contribution in [3.8, 4) is 5.75 Å². The maximum atomic E-state index is 12.4. The minimum atomic E-state index is -3.73. The molecular weight excluding hydrogens is 312 g/mol. The third kappa shape index (κ3) is 3.46. The minimum absolute atomic E-state index is 0.0632. The summed E-state index contributed by atoms with van der Waals surface area (Å²) in [7, 11) is -2.26. The Morgan fingerprint density at radius 1 is 1.19 bits per heavy atom. The number of ether oxygens (including phenoxy) is 1. The van der Waals surface area contributed by atoms with Gasteiger partial charge in [0, 0.05) is 5.69 Å². The van der Waals surface area contributed by atoms with Gasteiger partial charge in [0.1, 0.15) is 5.75 Å². The third-order valence-electron chi connectivity index (χ3n) is 2.90. The SMILES string of the molecule is COc1ccc(S(=O)(=O)Nc2ccc(C)nc2C)cc1Cl. The molecule has 21 heavy (non-hydrogen) atoms. The number of hydrogen-bond donors (Lipinski definition) is 1. The van der Waals surface area contributed by atoms with Crippen LogP contribution in [0.15, 0.2) is 35.2 Å². The highest BCUT2D eigenvalue weighted by atomic mass is 35.5. The second-order valence-corrected chi connectivity index (χ2v) is 6.58. The lowest BCUT2D eigenvalue weighted by atomic mass is 10.3. The summed E-state index contributed by atoms with van der Waals surface area (Å²) in [4.78, 5) is 4.29. The maximum absolute atomic E-state index is 12.4. The van der Waals surface area contributed by atoms with Crippen molar-refractivity contribution in [2.45, 2.75) is 18.7 Å². The van der Waals surface area contributed by atoms with Crippen LogP contribution in [0.1, 0.15) is 11.4 Å². The van der Waals surface area contributed by atoms with Crippen LogP contribution in [0, 0.1) is 13.8 Å². The molecule has 1 aromatic heterocycles. The van der Waals surface area contributed by atoms with E-state index in [1.54, 1.807) is 19.1 Å². The lowest BCUT2D eigenvalue weighted by Gasteiger charge is -2.11. The van der Waals surface area contributed by atoms with Gasteiger partial charge in [-0.1, -0.05) is 11.6 Å². The zero-order valence-electron chi connectivity index (χ0n) is 11.8. The summed E-state index contributed by atoms with van der Waals surface area (Å²) in [5.41, 5.74) is 1.87. The van der Waals surface area contributed by atoms with Crippen LogP contribution in [0.3, 0.4) is 0 Å². The molecule has 5 nitrogen and oxygen atoms in total. The molecule has 2 aromatic rings. The molecule has 1 heterocycles. The largest absolute Gasteiger partial charge is 0.495 e. The number of halogens is 1. The van der Waals surface area contributed by atoms with Gasteiger partial charge in [-0.15, -0.1) is 0 Å². The molecule has 1 N–H and O–H groups in total. The van der Waals surface area contributed by atoms with Gasteiger partial charge in [0.15, 0.2) is 0 Å². The molecule has 0 unspecified atom stereocenters. The lowest BCUT2D eigenvalue weighted by Crippen LogP contribution is -2.14. The number of methoxy groups -OCH3 is 1. The van der Waals surface area contributed by atoms with Crippen molar-refractivity contribution in [2.75, 3.05) is 11.8 Å². The molecule has 0 atom stereocenters. The van der Waals surface area contributed by atoms with Crippen molar-refractivity contribution in [1.82, 2.24) is 4.98 Å². The summed E-state index contributed by atoms with van der Waals surface area (Å²) in [5.74, 6) is 0.420. The van der Waals surface area contributed by atoms with E-state index in [1.807, 2.05) is 6.92 Å². The van der Waals surface area contributed by atoms with Crippen molar-refractivity contribution in [3.63, 3.8) is 0 Å². The standard InChI is InChI=1S/C14H15ClN2O3S/c1-9-4-6-13(10(2)16-9)17-21(18,19)11-5-7-14(20-3)12(15)8-11/h4-8,17H,1-3H3. The van der Waals surface area contributed by atoms with Crippen LogP contribution in [0.2, 0.25) is 5.02 Å². The van der Waals surface area contributed by atoms with Crippen LogP contribution < -0.4 is 9.46 Å². The van der Waals surface area contributed by atoms with Gasteiger partial charge in [0.25, 0.3) is 10.0 Å². The highest BCUT2D eigenvalue weighted by Crippen LogP contribution is 2.28. The quantitative estimate of drug-likeness (QED) is 0.937. The van der Waals surface area contributed by atoms with Crippen molar-refractivity contribution in [2.24, 2.45) is 0 Å².